The fourth-order valence-corrected chi connectivity index (χ4v) is 1.89. The molecule has 0 unspecified atom stereocenters. The largest absolute Gasteiger partial charge is 0.364 e. The van der Waals surface area contributed by atoms with Gasteiger partial charge in [-0.25, -0.2) is 9.97 Å². The van der Waals surface area contributed by atoms with Crippen LogP contribution in [0.2, 0.25) is 0 Å². The molecule has 0 saturated heterocycles. The van der Waals surface area contributed by atoms with E-state index in [1.165, 1.54) is 12.4 Å². The maximum Gasteiger partial charge on any atom is 0.224 e. The number of benzene rings is 1. The van der Waals surface area contributed by atoms with E-state index in [0.29, 0.717) is 18.8 Å². The Morgan fingerprint density at radius 2 is 1.95 bits per heavy atom. The molecule has 112 valence electrons. The van der Waals surface area contributed by atoms with Gasteiger partial charge in [0.25, 0.3) is 0 Å². The minimum Gasteiger partial charge on any atom is -0.364 e. The quantitative estimate of drug-likeness (QED) is 0.855. The lowest BCUT2D eigenvalue weighted by atomic mass is 10.2. The maximum atomic E-state index is 11.5. The third kappa shape index (κ3) is 4.28. The van der Waals surface area contributed by atoms with Gasteiger partial charge < -0.3 is 10.6 Å². The van der Waals surface area contributed by atoms with Crippen LogP contribution in [0.15, 0.2) is 36.7 Å². The molecule has 0 fully saturated rings. The normalized spacial score (nSPS) is 9.82. The van der Waals surface area contributed by atoms with Crippen molar-refractivity contribution in [1.82, 2.24) is 9.97 Å². The van der Waals surface area contributed by atoms with E-state index >= 15 is 0 Å². The molecule has 0 atom stereocenters. The van der Waals surface area contributed by atoms with E-state index in [4.69, 9.17) is 5.26 Å². The SMILES string of the molecule is CCCC(=O)Nc1ccc(CNc2nccnc2C#N)cc1. The van der Waals surface area contributed by atoms with Crippen molar-refractivity contribution in [2.24, 2.45) is 0 Å². The lowest BCUT2D eigenvalue weighted by Crippen LogP contribution is -2.10. The van der Waals surface area contributed by atoms with Gasteiger partial charge in [0.1, 0.15) is 6.07 Å². The van der Waals surface area contributed by atoms with Crippen LogP contribution in [0.3, 0.4) is 0 Å². The summed E-state index contributed by atoms with van der Waals surface area (Å²) >= 11 is 0. The molecule has 1 aromatic carbocycles. The number of anilines is 2. The van der Waals surface area contributed by atoms with Crippen LogP contribution in [0.5, 0.6) is 0 Å². The Morgan fingerprint density at radius 3 is 2.64 bits per heavy atom. The number of amides is 1. The number of carbonyl (C=O) groups excluding carboxylic acids is 1. The summed E-state index contributed by atoms with van der Waals surface area (Å²) in [5.74, 6) is 0.483. The summed E-state index contributed by atoms with van der Waals surface area (Å²) in [4.78, 5) is 19.5. The lowest BCUT2D eigenvalue weighted by molar-refractivity contribution is -0.116. The van der Waals surface area contributed by atoms with E-state index in [1.54, 1.807) is 0 Å². The topological polar surface area (TPSA) is 90.7 Å². The summed E-state index contributed by atoms with van der Waals surface area (Å²) < 4.78 is 0. The minimum atomic E-state index is 0.0200. The fourth-order valence-electron chi connectivity index (χ4n) is 1.89. The summed E-state index contributed by atoms with van der Waals surface area (Å²) in [6.45, 7) is 2.49. The zero-order chi connectivity index (χ0) is 15.8. The number of rotatable bonds is 6. The summed E-state index contributed by atoms with van der Waals surface area (Å²) in [7, 11) is 0. The molecule has 6 heteroatoms. The van der Waals surface area contributed by atoms with Crippen molar-refractivity contribution in [2.75, 3.05) is 10.6 Å². The lowest BCUT2D eigenvalue weighted by Gasteiger charge is -2.08. The predicted octanol–water partition coefficient (Wildman–Crippen LogP) is 2.70. The molecule has 2 N–H and O–H groups in total. The molecule has 0 aliphatic carbocycles. The Bertz CT molecular complexity index is 676. The summed E-state index contributed by atoms with van der Waals surface area (Å²) in [6.07, 6.45) is 4.37. The molecule has 1 amide bonds. The first kappa shape index (κ1) is 15.4. The van der Waals surface area contributed by atoms with Crippen LogP contribution < -0.4 is 10.6 Å². The van der Waals surface area contributed by atoms with Crippen LogP contribution in [0.4, 0.5) is 11.5 Å². The molecule has 6 nitrogen and oxygen atoms in total. The Hall–Kier alpha value is -2.94. The van der Waals surface area contributed by atoms with Gasteiger partial charge in [-0.05, 0) is 24.1 Å². The molecule has 2 rings (SSSR count). The fraction of sp³-hybridized carbons (Fsp3) is 0.250. The molecule has 1 heterocycles. The van der Waals surface area contributed by atoms with Crippen molar-refractivity contribution in [1.29, 1.82) is 5.26 Å². The minimum absolute atomic E-state index is 0.0200. The summed E-state index contributed by atoms with van der Waals surface area (Å²) in [5, 5.41) is 14.9. The van der Waals surface area contributed by atoms with Gasteiger partial charge in [0.15, 0.2) is 11.5 Å². The van der Waals surface area contributed by atoms with Crippen molar-refractivity contribution >= 4 is 17.4 Å². The average Bonchev–Trinajstić information content (AvgIpc) is 2.54. The van der Waals surface area contributed by atoms with E-state index in [-0.39, 0.29) is 11.6 Å². The second-order valence-electron chi connectivity index (χ2n) is 4.71. The zero-order valence-corrected chi connectivity index (χ0v) is 12.3. The third-order valence-electron chi connectivity index (χ3n) is 2.98. The van der Waals surface area contributed by atoms with Gasteiger partial charge in [-0.1, -0.05) is 19.1 Å². The highest BCUT2D eigenvalue weighted by Crippen LogP contribution is 2.13. The number of nitriles is 1. The zero-order valence-electron chi connectivity index (χ0n) is 12.3. The van der Waals surface area contributed by atoms with Gasteiger partial charge in [0.05, 0.1) is 0 Å². The van der Waals surface area contributed by atoms with E-state index in [1.807, 2.05) is 37.3 Å². The molecule has 0 aliphatic heterocycles. The Kier molecular flexibility index (Phi) is 5.44. The van der Waals surface area contributed by atoms with Crippen molar-refractivity contribution in [2.45, 2.75) is 26.3 Å². The van der Waals surface area contributed by atoms with Crippen molar-refractivity contribution < 1.29 is 4.79 Å². The molecule has 0 spiro atoms. The number of hydrogen-bond donors (Lipinski definition) is 2. The predicted molar refractivity (Wildman–Crippen MR) is 84.1 cm³/mol. The highest BCUT2D eigenvalue weighted by atomic mass is 16.1. The van der Waals surface area contributed by atoms with Gasteiger partial charge in [0, 0.05) is 31.0 Å². The van der Waals surface area contributed by atoms with Gasteiger partial charge >= 0.3 is 0 Å². The monoisotopic (exact) mass is 295 g/mol. The van der Waals surface area contributed by atoms with Gasteiger partial charge in [-0.2, -0.15) is 5.26 Å². The van der Waals surface area contributed by atoms with E-state index in [9.17, 15) is 4.79 Å². The first-order chi connectivity index (χ1) is 10.7. The Labute approximate surface area is 129 Å². The van der Waals surface area contributed by atoms with Crippen LogP contribution in [0, 0.1) is 11.3 Å². The molecular formula is C16H17N5O. The van der Waals surface area contributed by atoms with E-state index < -0.39 is 0 Å². The van der Waals surface area contributed by atoms with Gasteiger partial charge in [-0.3, -0.25) is 4.79 Å². The van der Waals surface area contributed by atoms with Crippen LogP contribution in [-0.4, -0.2) is 15.9 Å². The first-order valence-electron chi connectivity index (χ1n) is 7.06. The van der Waals surface area contributed by atoms with Gasteiger partial charge in [-0.15, -0.1) is 0 Å². The molecule has 22 heavy (non-hydrogen) atoms. The number of nitrogens with one attached hydrogen (secondary N) is 2. The molecule has 2 aromatic rings. The number of aromatic nitrogens is 2. The average molecular weight is 295 g/mol. The van der Waals surface area contributed by atoms with Crippen LogP contribution in [0.25, 0.3) is 0 Å². The van der Waals surface area contributed by atoms with Gasteiger partial charge in [0.2, 0.25) is 5.91 Å². The van der Waals surface area contributed by atoms with Crippen molar-refractivity contribution in [3.8, 4) is 6.07 Å². The third-order valence-corrected chi connectivity index (χ3v) is 2.98. The number of nitrogens with zero attached hydrogens (tertiary/aromatic N) is 3. The van der Waals surface area contributed by atoms with Crippen LogP contribution in [0.1, 0.15) is 31.0 Å². The standard InChI is InChI=1S/C16H17N5O/c1-2-3-15(22)21-13-6-4-12(5-7-13)11-20-16-14(10-17)18-8-9-19-16/h4-9H,2-3,11H2,1H3,(H,19,20)(H,21,22). The second kappa shape index (κ2) is 7.74. The molecule has 0 radical (unpaired) electrons. The highest BCUT2D eigenvalue weighted by molar-refractivity contribution is 5.90. The first-order valence-corrected chi connectivity index (χ1v) is 7.06. The second-order valence-corrected chi connectivity index (χ2v) is 4.71. The molecule has 0 saturated carbocycles. The summed E-state index contributed by atoms with van der Waals surface area (Å²) in [5.41, 5.74) is 2.06. The summed E-state index contributed by atoms with van der Waals surface area (Å²) in [6, 6.07) is 9.53. The van der Waals surface area contributed by atoms with Crippen LogP contribution in [-0.2, 0) is 11.3 Å². The van der Waals surface area contributed by atoms with E-state index in [0.717, 1.165) is 17.7 Å². The van der Waals surface area contributed by atoms with Crippen molar-refractivity contribution in [3.63, 3.8) is 0 Å². The number of hydrogen-bond acceptors (Lipinski definition) is 5. The Morgan fingerprint density at radius 1 is 1.23 bits per heavy atom. The maximum absolute atomic E-state index is 11.5. The number of carbonyl (C=O) groups is 1. The smallest absolute Gasteiger partial charge is 0.224 e. The molecule has 0 aliphatic rings. The highest BCUT2D eigenvalue weighted by Gasteiger charge is 2.04. The molecule has 0 bridgehead atoms. The van der Waals surface area contributed by atoms with Crippen molar-refractivity contribution in [3.05, 3.63) is 47.9 Å². The molecule has 1 aromatic heterocycles. The Balaban J connectivity index is 1.94. The van der Waals surface area contributed by atoms with E-state index in [2.05, 4.69) is 20.6 Å². The molecular weight excluding hydrogens is 278 g/mol. The van der Waals surface area contributed by atoms with Crippen LogP contribution >= 0.6 is 0 Å².